The van der Waals surface area contributed by atoms with E-state index in [1.807, 2.05) is 37.3 Å². The molecular weight excluding hydrogens is 260 g/mol. The number of carbonyl (C=O) groups is 2. The highest BCUT2D eigenvalue weighted by molar-refractivity contribution is 5.77. The van der Waals surface area contributed by atoms with E-state index in [1.54, 1.807) is 0 Å². The van der Waals surface area contributed by atoms with Crippen LogP contribution in [0.15, 0.2) is 30.3 Å². The molecule has 0 aliphatic rings. The zero-order valence-electron chi connectivity index (χ0n) is 11.7. The van der Waals surface area contributed by atoms with Gasteiger partial charge in [-0.3, -0.25) is 9.59 Å². The SMILES string of the molecule is CCCOC(=O)CCC(=O)OCCOc1ccccc1. The first kappa shape index (κ1) is 16.0. The first-order valence-corrected chi connectivity index (χ1v) is 6.71. The van der Waals surface area contributed by atoms with Gasteiger partial charge in [0.2, 0.25) is 0 Å². The summed E-state index contributed by atoms with van der Waals surface area (Å²) in [5.41, 5.74) is 0. The van der Waals surface area contributed by atoms with E-state index in [4.69, 9.17) is 14.2 Å². The lowest BCUT2D eigenvalue weighted by Crippen LogP contribution is -2.14. The molecule has 5 nitrogen and oxygen atoms in total. The number of hydrogen-bond acceptors (Lipinski definition) is 5. The quantitative estimate of drug-likeness (QED) is 0.513. The van der Waals surface area contributed by atoms with Gasteiger partial charge in [-0.15, -0.1) is 0 Å². The van der Waals surface area contributed by atoms with Crippen LogP contribution in [0.1, 0.15) is 26.2 Å². The van der Waals surface area contributed by atoms with E-state index in [0.29, 0.717) is 6.61 Å². The van der Waals surface area contributed by atoms with Crippen LogP contribution in [0.25, 0.3) is 0 Å². The predicted molar refractivity (Wildman–Crippen MR) is 73.4 cm³/mol. The molecule has 20 heavy (non-hydrogen) atoms. The van der Waals surface area contributed by atoms with Gasteiger partial charge < -0.3 is 14.2 Å². The van der Waals surface area contributed by atoms with Gasteiger partial charge in [0, 0.05) is 0 Å². The Kier molecular flexibility index (Phi) is 7.87. The molecule has 0 fully saturated rings. The Morgan fingerprint density at radius 3 is 2.10 bits per heavy atom. The summed E-state index contributed by atoms with van der Waals surface area (Å²) in [5, 5.41) is 0. The Morgan fingerprint density at radius 2 is 1.50 bits per heavy atom. The molecule has 0 aromatic heterocycles. The Hall–Kier alpha value is -2.04. The number of ether oxygens (including phenoxy) is 3. The van der Waals surface area contributed by atoms with Gasteiger partial charge in [-0.1, -0.05) is 25.1 Å². The summed E-state index contributed by atoms with van der Waals surface area (Å²) in [5.74, 6) is -0.0638. The second-order valence-corrected chi connectivity index (χ2v) is 4.10. The van der Waals surface area contributed by atoms with Crippen molar-refractivity contribution in [3.63, 3.8) is 0 Å². The van der Waals surface area contributed by atoms with Crippen LogP contribution in [0, 0.1) is 0 Å². The Labute approximate surface area is 118 Å². The van der Waals surface area contributed by atoms with Gasteiger partial charge >= 0.3 is 11.9 Å². The van der Waals surface area contributed by atoms with Gasteiger partial charge in [0.15, 0.2) is 0 Å². The first-order chi connectivity index (χ1) is 9.72. The molecule has 1 rings (SSSR count). The van der Waals surface area contributed by atoms with Crippen LogP contribution >= 0.6 is 0 Å². The van der Waals surface area contributed by atoms with Gasteiger partial charge in [0.25, 0.3) is 0 Å². The zero-order chi connectivity index (χ0) is 14.6. The fraction of sp³-hybridized carbons (Fsp3) is 0.467. The van der Waals surface area contributed by atoms with E-state index in [-0.39, 0.29) is 32.0 Å². The fourth-order valence-electron chi connectivity index (χ4n) is 1.40. The molecule has 1 aromatic rings. The maximum Gasteiger partial charge on any atom is 0.306 e. The van der Waals surface area contributed by atoms with E-state index in [0.717, 1.165) is 12.2 Å². The van der Waals surface area contributed by atoms with E-state index in [9.17, 15) is 9.59 Å². The molecule has 110 valence electrons. The maximum absolute atomic E-state index is 11.3. The van der Waals surface area contributed by atoms with E-state index in [1.165, 1.54) is 0 Å². The van der Waals surface area contributed by atoms with Gasteiger partial charge in [-0.05, 0) is 18.6 Å². The molecule has 1 aromatic carbocycles. The number of benzene rings is 1. The van der Waals surface area contributed by atoms with Crippen molar-refractivity contribution in [2.45, 2.75) is 26.2 Å². The molecule has 0 N–H and O–H groups in total. The van der Waals surface area contributed by atoms with Crippen molar-refractivity contribution in [2.75, 3.05) is 19.8 Å². The Morgan fingerprint density at radius 1 is 0.900 bits per heavy atom. The van der Waals surface area contributed by atoms with Crippen LogP contribution in [0.3, 0.4) is 0 Å². The maximum atomic E-state index is 11.3. The highest BCUT2D eigenvalue weighted by Gasteiger charge is 2.08. The summed E-state index contributed by atoms with van der Waals surface area (Å²) in [7, 11) is 0. The van der Waals surface area contributed by atoms with Gasteiger partial charge in [0.1, 0.15) is 19.0 Å². The van der Waals surface area contributed by atoms with Crippen molar-refractivity contribution in [3.8, 4) is 5.75 Å². The molecule has 0 saturated heterocycles. The fourth-order valence-corrected chi connectivity index (χ4v) is 1.40. The largest absolute Gasteiger partial charge is 0.490 e. The number of carbonyl (C=O) groups excluding carboxylic acids is 2. The van der Waals surface area contributed by atoms with E-state index in [2.05, 4.69) is 0 Å². The van der Waals surface area contributed by atoms with Gasteiger partial charge in [0.05, 0.1) is 19.4 Å². The van der Waals surface area contributed by atoms with Crippen LogP contribution in [-0.2, 0) is 19.1 Å². The molecule has 0 heterocycles. The molecule has 0 saturated carbocycles. The summed E-state index contributed by atoms with van der Waals surface area (Å²) < 4.78 is 15.2. The van der Waals surface area contributed by atoms with Crippen molar-refractivity contribution in [1.82, 2.24) is 0 Å². The number of esters is 2. The summed E-state index contributed by atoms with van der Waals surface area (Å²) in [4.78, 5) is 22.5. The molecule has 5 heteroatoms. The lowest BCUT2D eigenvalue weighted by molar-refractivity contribution is -0.150. The lowest BCUT2D eigenvalue weighted by atomic mass is 10.3. The predicted octanol–water partition coefficient (Wildman–Crippen LogP) is 2.34. The second kappa shape index (κ2) is 9.83. The molecule has 0 radical (unpaired) electrons. The van der Waals surface area contributed by atoms with E-state index >= 15 is 0 Å². The average molecular weight is 280 g/mol. The highest BCUT2D eigenvalue weighted by atomic mass is 16.6. The lowest BCUT2D eigenvalue weighted by Gasteiger charge is -2.07. The minimum absolute atomic E-state index is 0.0356. The van der Waals surface area contributed by atoms with Gasteiger partial charge in [-0.25, -0.2) is 0 Å². The normalized spacial score (nSPS) is 9.85. The van der Waals surface area contributed by atoms with Crippen LogP contribution < -0.4 is 4.74 Å². The highest BCUT2D eigenvalue weighted by Crippen LogP contribution is 2.07. The Balaban J connectivity index is 2.04. The standard InChI is InChI=1S/C15H20O5/c1-2-10-19-14(16)8-9-15(17)20-12-11-18-13-6-4-3-5-7-13/h3-7H,2,8-12H2,1H3. The molecule has 0 aliphatic heterocycles. The van der Waals surface area contributed by atoms with Crippen molar-refractivity contribution >= 4 is 11.9 Å². The smallest absolute Gasteiger partial charge is 0.306 e. The topological polar surface area (TPSA) is 61.8 Å². The molecule has 0 aliphatic carbocycles. The first-order valence-electron chi connectivity index (χ1n) is 6.71. The molecule has 0 unspecified atom stereocenters. The molecule has 0 spiro atoms. The van der Waals surface area contributed by atoms with Crippen molar-refractivity contribution < 1.29 is 23.8 Å². The monoisotopic (exact) mass is 280 g/mol. The third-order valence-corrected chi connectivity index (χ3v) is 2.36. The minimum Gasteiger partial charge on any atom is -0.490 e. The average Bonchev–Trinajstić information content (AvgIpc) is 2.48. The molecule has 0 amide bonds. The Bertz CT molecular complexity index is 402. The zero-order valence-corrected chi connectivity index (χ0v) is 11.7. The summed E-state index contributed by atoms with van der Waals surface area (Å²) in [6.07, 6.45) is 0.860. The summed E-state index contributed by atoms with van der Waals surface area (Å²) in [6.45, 7) is 2.75. The van der Waals surface area contributed by atoms with Crippen LogP contribution in [0.5, 0.6) is 5.75 Å². The molecule has 0 bridgehead atoms. The van der Waals surface area contributed by atoms with Crippen molar-refractivity contribution in [3.05, 3.63) is 30.3 Å². The van der Waals surface area contributed by atoms with Crippen molar-refractivity contribution in [1.29, 1.82) is 0 Å². The van der Waals surface area contributed by atoms with Gasteiger partial charge in [-0.2, -0.15) is 0 Å². The van der Waals surface area contributed by atoms with Crippen LogP contribution in [-0.4, -0.2) is 31.8 Å². The van der Waals surface area contributed by atoms with Crippen LogP contribution in [0.2, 0.25) is 0 Å². The van der Waals surface area contributed by atoms with Crippen LogP contribution in [0.4, 0.5) is 0 Å². The minimum atomic E-state index is -0.421. The third kappa shape index (κ3) is 7.41. The summed E-state index contributed by atoms with van der Waals surface area (Å²) >= 11 is 0. The number of hydrogen-bond donors (Lipinski definition) is 0. The number of rotatable bonds is 9. The molecule has 0 atom stereocenters. The van der Waals surface area contributed by atoms with Crippen molar-refractivity contribution in [2.24, 2.45) is 0 Å². The summed E-state index contributed by atoms with van der Waals surface area (Å²) in [6, 6.07) is 9.27. The second-order valence-electron chi connectivity index (χ2n) is 4.10. The molecular formula is C15H20O5. The third-order valence-electron chi connectivity index (χ3n) is 2.36. The number of para-hydroxylation sites is 1. The van der Waals surface area contributed by atoms with E-state index < -0.39 is 5.97 Å².